The molecule has 21 heavy (non-hydrogen) atoms. The van der Waals surface area contributed by atoms with Crippen molar-refractivity contribution < 1.29 is 22.0 Å². The van der Waals surface area contributed by atoms with E-state index in [9.17, 15) is 22.0 Å². The molecule has 0 saturated heterocycles. The van der Waals surface area contributed by atoms with Gasteiger partial charge in [0.25, 0.3) is 6.43 Å². The predicted molar refractivity (Wildman–Crippen MR) is 64.4 cm³/mol. The highest BCUT2D eigenvalue weighted by atomic mass is 19.4. The number of aliphatic imine (C=N–C) groups is 1. The minimum Gasteiger partial charge on any atom is -0.264 e. The zero-order valence-corrected chi connectivity index (χ0v) is 10.3. The van der Waals surface area contributed by atoms with Crippen LogP contribution in [0.5, 0.6) is 0 Å². The third-order valence-corrected chi connectivity index (χ3v) is 2.59. The van der Waals surface area contributed by atoms with Crippen LogP contribution in [0.3, 0.4) is 0 Å². The van der Waals surface area contributed by atoms with E-state index in [2.05, 4.69) is 26.9 Å². The van der Waals surface area contributed by atoms with Crippen LogP contribution in [0, 0.1) is 0 Å². The maximum Gasteiger partial charge on any atom is 0.417 e. The molecule has 0 aliphatic heterocycles. The van der Waals surface area contributed by atoms with Gasteiger partial charge < -0.3 is 0 Å². The molecule has 0 aromatic carbocycles. The molecule has 0 N–H and O–H groups in total. The topological polar surface area (TPSA) is 51.0 Å². The average molecular weight is 302 g/mol. The van der Waals surface area contributed by atoms with Crippen molar-refractivity contribution in [1.82, 2.24) is 15.2 Å². The number of aromatic nitrogens is 3. The van der Waals surface area contributed by atoms with Crippen molar-refractivity contribution in [1.29, 1.82) is 0 Å². The van der Waals surface area contributed by atoms with Gasteiger partial charge in [0.15, 0.2) is 5.82 Å². The molecule has 0 atom stereocenters. The first kappa shape index (κ1) is 14.9. The first-order valence-electron chi connectivity index (χ1n) is 5.48. The molecule has 0 aliphatic carbocycles. The second kappa shape index (κ2) is 5.51. The SMILES string of the molecule is C=Nc1nnc(-c2cnccc2C(F)(F)F)cc1C(F)F. The van der Waals surface area contributed by atoms with E-state index in [4.69, 9.17) is 0 Å². The fourth-order valence-electron chi connectivity index (χ4n) is 1.66. The van der Waals surface area contributed by atoms with Crippen molar-refractivity contribution in [2.75, 3.05) is 0 Å². The monoisotopic (exact) mass is 302 g/mol. The number of rotatable bonds is 3. The summed E-state index contributed by atoms with van der Waals surface area (Å²) in [5.41, 5.74) is -2.48. The van der Waals surface area contributed by atoms with Gasteiger partial charge in [0.1, 0.15) is 0 Å². The Morgan fingerprint density at radius 3 is 2.48 bits per heavy atom. The molecule has 110 valence electrons. The molecule has 0 unspecified atom stereocenters. The quantitative estimate of drug-likeness (QED) is 0.639. The van der Waals surface area contributed by atoms with Gasteiger partial charge >= 0.3 is 6.18 Å². The Morgan fingerprint density at radius 2 is 1.90 bits per heavy atom. The largest absolute Gasteiger partial charge is 0.417 e. The number of alkyl halides is 5. The van der Waals surface area contributed by atoms with E-state index in [-0.39, 0.29) is 5.69 Å². The summed E-state index contributed by atoms with van der Waals surface area (Å²) in [4.78, 5) is 6.82. The Bertz CT molecular complexity index is 669. The maximum atomic E-state index is 12.9. The van der Waals surface area contributed by atoms with Gasteiger partial charge in [-0.15, -0.1) is 10.2 Å². The molecule has 0 radical (unpaired) electrons. The summed E-state index contributed by atoms with van der Waals surface area (Å²) in [7, 11) is 0. The van der Waals surface area contributed by atoms with Crippen LogP contribution in [0.25, 0.3) is 11.3 Å². The molecule has 0 amide bonds. The van der Waals surface area contributed by atoms with Crippen molar-refractivity contribution in [3.63, 3.8) is 0 Å². The molecule has 2 aromatic rings. The van der Waals surface area contributed by atoms with E-state index in [0.29, 0.717) is 0 Å². The first-order valence-corrected chi connectivity index (χ1v) is 5.48. The lowest BCUT2D eigenvalue weighted by Gasteiger charge is -2.12. The van der Waals surface area contributed by atoms with Gasteiger partial charge in [-0.05, 0) is 18.9 Å². The second-order valence-corrected chi connectivity index (χ2v) is 3.89. The highest BCUT2D eigenvalue weighted by molar-refractivity contribution is 5.65. The summed E-state index contributed by atoms with van der Waals surface area (Å²) >= 11 is 0. The molecule has 0 saturated carbocycles. The Balaban J connectivity index is 2.63. The van der Waals surface area contributed by atoms with Crippen LogP contribution in [0.1, 0.15) is 17.6 Å². The molecular weight excluding hydrogens is 295 g/mol. The molecule has 0 fully saturated rings. The fourth-order valence-corrected chi connectivity index (χ4v) is 1.66. The van der Waals surface area contributed by atoms with E-state index < -0.39 is 35.1 Å². The lowest BCUT2D eigenvalue weighted by atomic mass is 10.1. The van der Waals surface area contributed by atoms with Gasteiger partial charge in [-0.1, -0.05) is 0 Å². The van der Waals surface area contributed by atoms with E-state index in [1.807, 2.05) is 0 Å². The normalized spacial score (nSPS) is 11.7. The summed E-state index contributed by atoms with van der Waals surface area (Å²) in [6.07, 6.45) is -5.79. The van der Waals surface area contributed by atoms with Crippen LogP contribution in [-0.4, -0.2) is 21.9 Å². The van der Waals surface area contributed by atoms with Crippen molar-refractivity contribution >= 4 is 12.5 Å². The number of hydrogen-bond donors (Lipinski definition) is 0. The van der Waals surface area contributed by atoms with Crippen LogP contribution in [0.15, 0.2) is 29.5 Å². The van der Waals surface area contributed by atoms with Gasteiger partial charge in [-0.3, -0.25) is 4.98 Å². The number of nitrogens with zero attached hydrogens (tertiary/aromatic N) is 4. The zero-order chi connectivity index (χ0) is 15.6. The van der Waals surface area contributed by atoms with E-state index in [0.717, 1.165) is 24.5 Å². The van der Waals surface area contributed by atoms with Crippen LogP contribution < -0.4 is 0 Å². The van der Waals surface area contributed by atoms with Gasteiger partial charge in [0.05, 0.1) is 16.8 Å². The van der Waals surface area contributed by atoms with Crippen molar-refractivity contribution in [3.8, 4) is 11.3 Å². The highest BCUT2D eigenvalue weighted by Gasteiger charge is 2.34. The minimum atomic E-state index is -4.67. The molecule has 0 aliphatic rings. The zero-order valence-electron chi connectivity index (χ0n) is 10.3. The molecule has 2 heterocycles. The number of pyridine rings is 1. The lowest BCUT2D eigenvalue weighted by molar-refractivity contribution is -0.137. The number of hydrogen-bond acceptors (Lipinski definition) is 4. The summed E-state index contributed by atoms with van der Waals surface area (Å²) in [6.45, 7) is 3.06. The van der Waals surface area contributed by atoms with Crippen LogP contribution in [0.4, 0.5) is 27.8 Å². The molecule has 4 nitrogen and oxygen atoms in total. The van der Waals surface area contributed by atoms with E-state index in [1.165, 1.54) is 0 Å². The maximum absolute atomic E-state index is 12.9. The summed E-state index contributed by atoms with van der Waals surface area (Å²) in [5, 5.41) is 6.84. The Hall–Kier alpha value is -2.45. The van der Waals surface area contributed by atoms with Crippen LogP contribution in [-0.2, 0) is 6.18 Å². The van der Waals surface area contributed by atoms with Gasteiger partial charge in [-0.25, -0.2) is 13.8 Å². The number of halogens is 5. The molecule has 2 aromatic heterocycles. The summed E-state index contributed by atoms with van der Waals surface area (Å²) < 4.78 is 64.4. The van der Waals surface area contributed by atoms with Gasteiger partial charge in [0, 0.05) is 18.0 Å². The highest BCUT2D eigenvalue weighted by Crippen LogP contribution is 2.37. The predicted octanol–water partition coefficient (Wildman–Crippen LogP) is 3.83. The summed E-state index contributed by atoms with van der Waals surface area (Å²) in [5.74, 6) is -0.425. The van der Waals surface area contributed by atoms with Crippen molar-refractivity contribution in [3.05, 3.63) is 35.7 Å². The van der Waals surface area contributed by atoms with Crippen molar-refractivity contribution in [2.45, 2.75) is 12.6 Å². The third-order valence-electron chi connectivity index (χ3n) is 2.59. The second-order valence-electron chi connectivity index (χ2n) is 3.89. The lowest BCUT2D eigenvalue weighted by Crippen LogP contribution is -2.08. The Morgan fingerprint density at radius 1 is 1.19 bits per heavy atom. The summed E-state index contributed by atoms with van der Waals surface area (Å²) in [6, 6.07) is 1.53. The van der Waals surface area contributed by atoms with E-state index in [1.54, 1.807) is 0 Å². The molecule has 2 rings (SSSR count). The van der Waals surface area contributed by atoms with Crippen LogP contribution in [0.2, 0.25) is 0 Å². The standard InChI is InChI=1S/C12H7F5N4/c1-18-11-6(10(13)14)4-9(20-21-11)7-5-19-3-2-8(7)12(15,16)17/h2-5,10H,1H2. The fraction of sp³-hybridized carbons (Fsp3) is 0.167. The van der Waals surface area contributed by atoms with Crippen LogP contribution >= 0.6 is 0 Å². The molecular formula is C12H7F5N4. The molecule has 0 bridgehead atoms. The van der Waals surface area contributed by atoms with Gasteiger partial charge in [-0.2, -0.15) is 13.2 Å². The molecule has 9 heteroatoms. The molecule has 0 spiro atoms. The van der Waals surface area contributed by atoms with E-state index >= 15 is 0 Å². The average Bonchev–Trinajstić information content (AvgIpc) is 2.45. The Labute approximate surface area is 115 Å². The smallest absolute Gasteiger partial charge is 0.264 e. The van der Waals surface area contributed by atoms with Crippen molar-refractivity contribution in [2.24, 2.45) is 4.99 Å². The third kappa shape index (κ3) is 3.01. The minimum absolute atomic E-state index is 0.363. The van der Waals surface area contributed by atoms with Gasteiger partial charge in [0.2, 0.25) is 0 Å². The Kier molecular flexibility index (Phi) is 3.92. The first-order chi connectivity index (χ1) is 9.84.